The van der Waals surface area contributed by atoms with Crippen LogP contribution in [-0.2, 0) is 0 Å². The van der Waals surface area contributed by atoms with Crippen LogP contribution in [0.3, 0.4) is 0 Å². The van der Waals surface area contributed by atoms with Gasteiger partial charge in [0, 0.05) is 5.33 Å². The van der Waals surface area contributed by atoms with Crippen LogP contribution in [-0.4, -0.2) is 11.9 Å². The first-order chi connectivity index (χ1) is 9.88. The van der Waals surface area contributed by atoms with Gasteiger partial charge in [0.25, 0.3) is 0 Å². The van der Waals surface area contributed by atoms with Gasteiger partial charge in [-0.3, -0.25) is 0 Å². The van der Waals surface area contributed by atoms with Crippen molar-refractivity contribution in [1.29, 1.82) is 0 Å². The van der Waals surface area contributed by atoms with E-state index < -0.39 is 0 Å². The third-order valence-corrected chi connectivity index (χ3v) is 3.48. The molecule has 104 valence electrons. The van der Waals surface area contributed by atoms with Crippen LogP contribution < -0.4 is 4.74 Å². The van der Waals surface area contributed by atoms with Gasteiger partial charge in [-0.25, -0.2) is 0 Å². The third-order valence-electron chi connectivity index (χ3n) is 2.92. The molecule has 0 fully saturated rings. The molecule has 20 heavy (non-hydrogen) atoms. The molecule has 2 aromatic carbocycles. The van der Waals surface area contributed by atoms with E-state index in [4.69, 9.17) is 4.74 Å². The number of alkyl halides is 1. The summed E-state index contributed by atoms with van der Waals surface area (Å²) >= 11 is 3.43. The number of hydrogen-bond acceptors (Lipinski definition) is 1. The summed E-state index contributed by atoms with van der Waals surface area (Å²) in [5, 5.41) is 1.04. The molecule has 0 aliphatic heterocycles. The average Bonchev–Trinajstić information content (AvgIpc) is 2.51. The standard InChI is InChI=1S/C18H19BrO/c19-13-4-5-14-20-18-10-6-9-17(15-18)12-11-16-7-2-1-3-8-16/h1-3,6-12,15H,4-5,13-14H2/b12-11+. The van der Waals surface area contributed by atoms with Crippen LogP contribution in [0.5, 0.6) is 5.75 Å². The van der Waals surface area contributed by atoms with E-state index in [1.165, 1.54) is 5.56 Å². The van der Waals surface area contributed by atoms with Gasteiger partial charge in [0.1, 0.15) is 5.75 Å². The molecule has 0 saturated heterocycles. The number of rotatable bonds is 7. The lowest BCUT2D eigenvalue weighted by molar-refractivity contribution is 0.310. The predicted molar refractivity (Wildman–Crippen MR) is 90.3 cm³/mol. The summed E-state index contributed by atoms with van der Waals surface area (Å²) in [6.45, 7) is 0.775. The fourth-order valence-corrected chi connectivity index (χ4v) is 2.25. The lowest BCUT2D eigenvalue weighted by atomic mass is 10.1. The molecule has 0 unspecified atom stereocenters. The van der Waals surface area contributed by atoms with Gasteiger partial charge in [-0.05, 0) is 36.1 Å². The molecule has 0 saturated carbocycles. The Morgan fingerprint density at radius 3 is 2.40 bits per heavy atom. The molecule has 0 aliphatic carbocycles. The van der Waals surface area contributed by atoms with E-state index in [1.807, 2.05) is 30.3 Å². The van der Waals surface area contributed by atoms with Crippen LogP contribution in [0, 0.1) is 0 Å². The highest BCUT2D eigenvalue weighted by Crippen LogP contribution is 2.16. The summed E-state index contributed by atoms with van der Waals surface area (Å²) < 4.78 is 5.75. The van der Waals surface area contributed by atoms with Gasteiger partial charge < -0.3 is 4.74 Å². The first-order valence-corrected chi connectivity index (χ1v) is 8.02. The van der Waals surface area contributed by atoms with E-state index in [2.05, 4.69) is 52.3 Å². The van der Waals surface area contributed by atoms with E-state index in [0.29, 0.717) is 0 Å². The van der Waals surface area contributed by atoms with Crippen molar-refractivity contribution in [3.63, 3.8) is 0 Å². The van der Waals surface area contributed by atoms with Gasteiger partial charge in [0.05, 0.1) is 6.61 Å². The number of halogens is 1. The molecular weight excluding hydrogens is 312 g/mol. The summed E-state index contributed by atoms with van der Waals surface area (Å²) in [4.78, 5) is 0. The highest BCUT2D eigenvalue weighted by Gasteiger charge is 1.95. The fraction of sp³-hybridized carbons (Fsp3) is 0.222. The Balaban J connectivity index is 1.94. The monoisotopic (exact) mass is 330 g/mol. The van der Waals surface area contributed by atoms with Gasteiger partial charge in [-0.1, -0.05) is 70.5 Å². The summed E-state index contributed by atoms with van der Waals surface area (Å²) in [6, 6.07) is 18.5. The Labute approximate surface area is 129 Å². The zero-order valence-corrected chi connectivity index (χ0v) is 13.1. The first kappa shape index (κ1) is 14.9. The Kier molecular flexibility index (Phi) is 6.39. The van der Waals surface area contributed by atoms with Crippen molar-refractivity contribution in [3.8, 4) is 5.75 Å². The van der Waals surface area contributed by atoms with Gasteiger partial charge in [-0.15, -0.1) is 0 Å². The van der Waals surface area contributed by atoms with Crippen LogP contribution in [0.15, 0.2) is 54.6 Å². The summed E-state index contributed by atoms with van der Waals surface area (Å²) in [5.74, 6) is 0.940. The molecule has 0 amide bonds. The fourth-order valence-electron chi connectivity index (χ4n) is 1.85. The maximum atomic E-state index is 5.75. The molecule has 0 aliphatic rings. The molecule has 0 atom stereocenters. The molecular formula is C18H19BrO. The van der Waals surface area contributed by atoms with E-state index >= 15 is 0 Å². The number of hydrogen-bond donors (Lipinski definition) is 0. The maximum absolute atomic E-state index is 5.75. The van der Waals surface area contributed by atoms with Crippen LogP contribution in [0.2, 0.25) is 0 Å². The normalized spacial score (nSPS) is 10.8. The van der Waals surface area contributed by atoms with Crippen LogP contribution in [0.4, 0.5) is 0 Å². The Hall–Kier alpha value is -1.54. The Morgan fingerprint density at radius 1 is 0.850 bits per heavy atom. The average molecular weight is 331 g/mol. The molecule has 0 aromatic heterocycles. The van der Waals surface area contributed by atoms with Crippen LogP contribution >= 0.6 is 15.9 Å². The van der Waals surface area contributed by atoms with Crippen molar-refractivity contribution in [2.45, 2.75) is 12.8 Å². The molecule has 0 spiro atoms. The lowest BCUT2D eigenvalue weighted by Crippen LogP contribution is -1.97. The van der Waals surface area contributed by atoms with Gasteiger partial charge in [0.2, 0.25) is 0 Å². The van der Waals surface area contributed by atoms with Crippen molar-refractivity contribution >= 4 is 28.1 Å². The first-order valence-electron chi connectivity index (χ1n) is 6.90. The maximum Gasteiger partial charge on any atom is 0.119 e. The van der Waals surface area contributed by atoms with Crippen molar-refractivity contribution in [2.75, 3.05) is 11.9 Å². The molecule has 0 radical (unpaired) electrons. The Bertz CT molecular complexity index is 534. The van der Waals surface area contributed by atoms with E-state index in [0.717, 1.165) is 36.1 Å². The van der Waals surface area contributed by atoms with Crippen LogP contribution in [0.1, 0.15) is 24.0 Å². The summed E-state index contributed by atoms with van der Waals surface area (Å²) in [5.41, 5.74) is 2.36. The predicted octanol–water partition coefficient (Wildman–Crippen LogP) is 5.41. The smallest absolute Gasteiger partial charge is 0.119 e. The van der Waals surface area contributed by atoms with Crippen molar-refractivity contribution in [1.82, 2.24) is 0 Å². The van der Waals surface area contributed by atoms with Crippen molar-refractivity contribution in [3.05, 3.63) is 65.7 Å². The second-order valence-electron chi connectivity index (χ2n) is 4.56. The third kappa shape index (κ3) is 5.22. The zero-order chi connectivity index (χ0) is 14.0. The minimum absolute atomic E-state index is 0.775. The highest BCUT2D eigenvalue weighted by atomic mass is 79.9. The van der Waals surface area contributed by atoms with E-state index in [9.17, 15) is 0 Å². The van der Waals surface area contributed by atoms with Crippen molar-refractivity contribution < 1.29 is 4.74 Å². The second-order valence-corrected chi connectivity index (χ2v) is 5.35. The van der Waals surface area contributed by atoms with Gasteiger partial charge in [-0.2, -0.15) is 0 Å². The highest BCUT2D eigenvalue weighted by molar-refractivity contribution is 9.09. The quantitative estimate of drug-likeness (QED) is 0.374. The number of benzene rings is 2. The lowest BCUT2D eigenvalue weighted by Gasteiger charge is -2.06. The van der Waals surface area contributed by atoms with E-state index in [1.54, 1.807) is 0 Å². The van der Waals surface area contributed by atoms with Crippen molar-refractivity contribution in [2.24, 2.45) is 0 Å². The molecule has 2 heteroatoms. The Morgan fingerprint density at radius 2 is 1.60 bits per heavy atom. The molecule has 0 bridgehead atoms. The molecule has 2 rings (SSSR count). The second kappa shape index (κ2) is 8.60. The summed E-state index contributed by atoms with van der Waals surface area (Å²) in [7, 11) is 0. The SMILES string of the molecule is BrCCCCOc1cccc(/C=C/c2ccccc2)c1. The largest absolute Gasteiger partial charge is 0.494 e. The molecule has 0 heterocycles. The zero-order valence-electron chi connectivity index (χ0n) is 11.5. The molecule has 2 aromatic rings. The molecule has 0 N–H and O–H groups in total. The van der Waals surface area contributed by atoms with E-state index in [-0.39, 0.29) is 0 Å². The van der Waals surface area contributed by atoms with Gasteiger partial charge in [0.15, 0.2) is 0 Å². The number of ether oxygens (including phenoxy) is 1. The topological polar surface area (TPSA) is 9.23 Å². The molecule has 1 nitrogen and oxygen atoms in total. The summed E-state index contributed by atoms with van der Waals surface area (Å²) in [6.07, 6.45) is 6.45. The van der Waals surface area contributed by atoms with Gasteiger partial charge >= 0.3 is 0 Å². The minimum atomic E-state index is 0.775. The van der Waals surface area contributed by atoms with Crippen LogP contribution in [0.25, 0.3) is 12.2 Å². The minimum Gasteiger partial charge on any atom is -0.494 e. The number of unbranched alkanes of at least 4 members (excludes halogenated alkanes) is 1.